The van der Waals surface area contributed by atoms with Gasteiger partial charge in [-0.05, 0) is 50.4 Å². The molecule has 0 saturated heterocycles. The first-order chi connectivity index (χ1) is 13.8. The summed E-state index contributed by atoms with van der Waals surface area (Å²) in [5.74, 6) is -1.87. The summed E-state index contributed by atoms with van der Waals surface area (Å²) in [6.07, 6.45) is 1.77. The lowest BCUT2D eigenvalue weighted by Crippen LogP contribution is -2.29. The summed E-state index contributed by atoms with van der Waals surface area (Å²) in [5, 5.41) is 3.16. The summed E-state index contributed by atoms with van der Waals surface area (Å²) in [6, 6.07) is 8.28. The molecule has 0 aliphatic heterocycles. The van der Waals surface area contributed by atoms with E-state index in [9.17, 15) is 18.0 Å². The summed E-state index contributed by atoms with van der Waals surface area (Å²) >= 11 is 1.27. The van der Waals surface area contributed by atoms with Gasteiger partial charge in [-0.15, -0.1) is 11.8 Å². The number of aryl methyl sites for hydroxylation is 1. The lowest BCUT2D eigenvalue weighted by Gasteiger charge is -2.17. The third-order valence-electron chi connectivity index (χ3n) is 4.36. The molecule has 0 aliphatic carbocycles. The van der Waals surface area contributed by atoms with E-state index in [0.29, 0.717) is 22.1 Å². The van der Waals surface area contributed by atoms with E-state index in [4.69, 9.17) is 0 Å². The van der Waals surface area contributed by atoms with Gasteiger partial charge >= 0.3 is 0 Å². The smallest absolute Gasteiger partial charge is 0.256 e. The van der Waals surface area contributed by atoms with Crippen LogP contribution in [0.25, 0.3) is 11.4 Å². The van der Waals surface area contributed by atoms with E-state index in [1.807, 2.05) is 0 Å². The van der Waals surface area contributed by atoms with Gasteiger partial charge in [-0.3, -0.25) is 4.79 Å². The maximum atomic E-state index is 14.0. The Kier molecular flexibility index (Phi) is 6.22. The Labute approximate surface area is 170 Å². The highest BCUT2D eigenvalue weighted by Gasteiger charge is 2.22. The molecule has 150 valence electrons. The van der Waals surface area contributed by atoms with Crippen LogP contribution in [0.5, 0.6) is 0 Å². The van der Waals surface area contributed by atoms with E-state index in [2.05, 4.69) is 15.3 Å². The molecule has 0 aliphatic rings. The van der Waals surface area contributed by atoms with Crippen molar-refractivity contribution >= 4 is 17.7 Å². The molecule has 8 heteroatoms. The van der Waals surface area contributed by atoms with Crippen LogP contribution in [-0.2, 0) is 0 Å². The summed E-state index contributed by atoms with van der Waals surface area (Å²) in [4.78, 5) is 21.7. The zero-order chi connectivity index (χ0) is 21.1. The van der Waals surface area contributed by atoms with Crippen LogP contribution in [0, 0.1) is 24.4 Å². The molecule has 1 amide bonds. The van der Waals surface area contributed by atoms with Crippen LogP contribution >= 0.6 is 11.8 Å². The minimum atomic E-state index is -0.734. The highest BCUT2D eigenvalue weighted by molar-refractivity contribution is 7.98. The Balaban J connectivity index is 1.91. The van der Waals surface area contributed by atoms with Crippen LogP contribution in [0.2, 0.25) is 0 Å². The Morgan fingerprint density at radius 1 is 1.03 bits per heavy atom. The molecule has 3 rings (SSSR count). The van der Waals surface area contributed by atoms with Gasteiger partial charge in [0, 0.05) is 17.2 Å². The summed E-state index contributed by atoms with van der Waals surface area (Å²) in [5.41, 5.74) is 1.51. The van der Waals surface area contributed by atoms with Crippen LogP contribution in [0.4, 0.5) is 13.2 Å². The van der Waals surface area contributed by atoms with Crippen LogP contribution in [-0.4, -0.2) is 22.1 Å². The average molecular weight is 417 g/mol. The number of hydrogen-bond acceptors (Lipinski definition) is 4. The Morgan fingerprint density at radius 2 is 1.69 bits per heavy atom. The van der Waals surface area contributed by atoms with E-state index in [1.54, 1.807) is 32.2 Å². The fourth-order valence-corrected chi connectivity index (χ4v) is 3.51. The van der Waals surface area contributed by atoms with E-state index in [-0.39, 0.29) is 16.9 Å². The number of aromatic nitrogens is 2. The molecule has 0 spiro atoms. The molecular weight excluding hydrogens is 399 g/mol. The Bertz CT molecular complexity index is 1060. The summed E-state index contributed by atoms with van der Waals surface area (Å²) in [6.45, 7) is 3.28. The predicted octanol–water partition coefficient (Wildman–Crippen LogP) is 5.08. The molecule has 1 N–H and O–H groups in total. The molecule has 2 aromatic carbocycles. The molecule has 1 atom stereocenters. The maximum absolute atomic E-state index is 14.0. The Morgan fingerprint density at radius 3 is 2.31 bits per heavy atom. The van der Waals surface area contributed by atoms with Crippen molar-refractivity contribution in [3.8, 4) is 11.4 Å². The zero-order valence-electron chi connectivity index (χ0n) is 16.0. The number of rotatable bonds is 5. The van der Waals surface area contributed by atoms with Crippen molar-refractivity contribution in [1.29, 1.82) is 0 Å². The molecule has 0 bridgehead atoms. The number of amides is 1. The van der Waals surface area contributed by atoms with E-state index < -0.39 is 23.6 Å². The van der Waals surface area contributed by atoms with Gasteiger partial charge in [0.05, 0.1) is 17.3 Å². The second-order valence-corrected chi connectivity index (χ2v) is 7.18. The van der Waals surface area contributed by atoms with Gasteiger partial charge in [-0.1, -0.05) is 6.07 Å². The zero-order valence-corrected chi connectivity index (χ0v) is 16.8. The minimum absolute atomic E-state index is 0.173. The fourth-order valence-electron chi connectivity index (χ4n) is 2.88. The van der Waals surface area contributed by atoms with Crippen LogP contribution in [0.1, 0.15) is 34.6 Å². The lowest BCUT2D eigenvalue weighted by molar-refractivity contribution is 0.0934. The van der Waals surface area contributed by atoms with Crippen LogP contribution in [0.3, 0.4) is 0 Å². The molecule has 0 fully saturated rings. The standard InChI is InChI=1S/C21H18F3N3OS/c1-11(16-9-8-15(23)10-17(16)24)26-20(28)18-12(2)25-19(27-21(18)29-3)13-4-6-14(22)7-5-13/h4-11H,1-3H3,(H,26,28)/t11-/m0/s1. The predicted molar refractivity (Wildman–Crippen MR) is 106 cm³/mol. The number of hydrogen-bond donors (Lipinski definition) is 1. The first kappa shape index (κ1) is 20.9. The van der Waals surface area contributed by atoms with Gasteiger partial charge in [0.15, 0.2) is 5.82 Å². The lowest BCUT2D eigenvalue weighted by atomic mass is 10.1. The number of halogens is 3. The fraction of sp³-hybridized carbons (Fsp3) is 0.190. The molecule has 0 unspecified atom stereocenters. The van der Waals surface area contributed by atoms with Gasteiger partial charge in [-0.2, -0.15) is 0 Å². The van der Waals surface area contributed by atoms with Gasteiger partial charge in [0.25, 0.3) is 5.91 Å². The SMILES string of the molecule is CSc1nc(-c2ccc(F)cc2)nc(C)c1C(=O)N[C@@H](C)c1ccc(F)cc1F. The average Bonchev–Trinajstić information content (AvgIpc) is 2.67. The third-order valence-corrected chi connectivity index (χ3v) is 5.04. The van der Waals surface area contributed by atoms with Crippen molar-refractivity contribution in [1.82, 2.24) is 15.3 Å². The van der Waals surface area contributed by atoms with E-state index in [0.717, 1.165) is 12.1 Å². The van der Waals surface area contributed by atoms with Crippen molar-refractivity contribution in [2.45, 2.75) is 24.9 Å². The van der Waals surface area contributed by atoms with Crippen molar-refractivity contribution in [2.75, 3.05) is 6.26 Å². The normalized spacial score (nSPS) is 11.9. The topological polar surface area (TPSA) is 54.9 Å². The monoisotopic (exact) mass is 417 g/mol. The first-order valence-corrected chi connectivity index (χ1v) is 9.97. The molecule has 1 heterocycles. The van der Waals surface area contributed by atoms with Crippen molar-refractivity contribution in [2.24, 2.45) is 0 Å². The Hall–Kier alpha value is -2.87. The number of thioether (sulfide) groups is 1. The third kappa shape index (κ3) is 4.59. The molecule has 1 aromatic heterocycles. The van der Waals surface area contributed by atoms with Crippen molar-refractivity contribution in [3.05, 3.63) is 76.7 Å². The largest absolute Gasteiger partial charge is 0.345 e. The maximum Gasteiger partial charge on any atom is 0.256 e. The molecular formula is C21H18F3N3OS. The summed E-state index contributed by atoms with van der Waals surface area (Å²) < 4.78 is 40.3. The van der Waals surface area contributed by atoms with E-state index in [1.165, 1.54) is 30.0 Å². The van der Waals surface area contributed by atoms with E-state index >= 15 is 0 Å². The highest BCUT2D eigenvalue weighted by Crippen LogP contribution is 2.26. The second kappa shape index (κ2) is 8.65. The van der Waals surface area contributed by atoms with Gasteiger partial charge in [-0.25, -0.2) is 23.1 Å². The summed E-state index contributed by atoms with van der Waals surface area (Å²) in [7, 11) is 0. The molecule has 0 radical (unpaired) electrons. The number of carbonyl (C=O) groups is 1. The number of nitrogens with one attached hydrogen (secondary N) is 1. The first-order valence-electron chi connectivity index (χ1n) is 8.74. The quantitative estimate of drug-likeness (QED) is 0.465. The number of benzene rings is 2. The molecule has 3 aromatic rings. The minimum Gasteiger partial charge on any atom is -0.345 e. The second-order valence-electron chi connectivity index (χ2n) is 6.38. The van der Waals surface area contributed by atoms with Crippen LogP contribution in [0.15, 0.2) is 47.5 Å². The van der Waals surface area contributed by atoms with Crippen molar-refractivity contribution in [3.63, 3.8) is 0 Å². The molecule has 4 nitrogen and oxygen atoms in total. The molecule has 0 saturated carbocycles. The van der Waals surface area contributed by atoms with Gasteiger partial charge < -0.3 is 5.32 Å². The highest BCUT2D eigenvalue weighted by atomic mass is 32.2. The van der Waals surface area contributed by atoms with Gasteiger partial charge in [0.1, 0.15) is 22.5 Å². The van der Waals surface area contributed by atoms with Gasteiger partial charge in [0.2, 0.25) is 0 Å². The number of nitrogens with zero attached hydrogens (tertiary/aromatic N) is 2. The van der Waals surface area contributed by atoms with Crippen LogP contribution < -0.4 is 5.32 Å². The molecule has 29 heavy (non-hydrogen) atoms. The van der Waals surface area contributed by atoms with Crippen molar-refractivity contribution < 1.29 is 18.0 Å². The number of carbonyl (C=O) groups excluding carboxylic acids is 1.